The first-order valence-corrected chi connectivity index (χ1v) is 8.92. The molecule has 2 aromatic heterocycles. The number of aryl methyl sites for hydroxylation is 1. The van der Waals surface area contributed by atoms with E-state index in [-0.39, 0.29) is 10.6 Å². The molecule has 136 valence electrons. The van der Waals surface area contributed by atoms with Crippen LogP contribution in [0.1, 0.15) is 5.56 Å². The minimum Gasteiger partial charge on any atom is -0.355 e. The van der Waals surface area contributed by atoms with Crippen LogP contribution in [0.15, 0.2) is 66.9 Å². The van der Waals surface area contributed by atoms with E-state index in [4.69, 9.17) is 0 Å². The normalized spacial score (nSPS) is 11.3. The standard InChI is InChI=1S/C22H16N4O2/c1-13-6-8-17-16(21(13)26(27)28)10-11-23-22(17)24-14-7-9-20-18(12-14)15-4-2-3-5-19(15)25-20/h2-12,25H,1H3,(H,23,24). The molecule has 5 aromatic rings. The number of aromatic amines is 1. The number of pyridine rings is 1. The molecule has 28 heavy (non-hydrogen) atoms. The molecule has 0 saturated heterocycles. The van der Waals surface area contributed by atoms with Crippen LogP contribution < -0.4 is 5.32 Å². The van der Waals surface area contributed by atoms with Gasteiger partial charge in [0.15, 0.2) is 0 Å². The molecule has 0 aliphatic rings. The van der Waals surface area contributed by atoms with Gasteiger partial charge in [-0.15, -0.1) is 0 Å². The van der Waals surface area contributed by atoms with Gasteiger partial charge in [0, 0.05) is 44.6 Å². The zero-order chi connectivity index (χ0) is 19.3. The quantitative estimate of drug-likeness (QED) is 0.310. The van der Waals surface area contributed by atoms with Gasteiger partial charge in [-0.3, -0.25) is 10.1 Å². The number of nitro benzene ring substituents is 1. The summed E-state index contributed by atoms with van der Waals surface area (Å²) in [5.74, 6) is 0.597. The lowest BCUT2D eigenvalue weighted by molar-refractivity contribution is -0.383. The fraction of sp³-hybridized carbons (Fsp3) is 0.0455. The van der Waals surface area contributed by atoms with E-state index in [2.05, 4.69) is 33.5 Å². The third kappa shape index (κ3) is 2.46. The maximum absolute atomic E-state index is 11.5. The SMILES string of the molecule is Cc1ccc2c(Nc3ccc4[nH]c5ccccc5c4c3)nccc2c1[N+](=O)[O-]. The molecule has 6 heteroatoms. The summed E-state index contributed by atoms with van der Waals surface area (Å²) in [4.78, 5) is 19.0. The minimum atomic E-state index is -0.334. The topological polar surface area (TPSA) is 83.8 Å². The number of nitrogens with zero attached hydrogens (tertiary/aromatic N) is 2. The number of anilines is 2. The molecular formula is C22H16N4O2. The highest BCUT2D eigenvalue weighted by molar-refractivity contribution is 6.08. The number of benzene rings is 3. The van der Waals surface area contributed by atoms with Gasteiger partial charge in [-0.25, -0.2) is 4.98 Å². The summed E-state index contributed by atoms with van der Waals surface area (Å²) < 4.78 is 0. The second-order valence-electron chi connectivity index (χ2n) is 6.80. The van der Waals surface area contributed by atoms with Gasteiger partial charge in [0.05, 0.1) is 10.3 Å². The zero-order valence-corrected chi connectivity index (χ0v) is 15.1. The first kappa shape index (κ1) is 16.3. The van der Waals surface area contributed by atoms with Crippen molar-refractivity contribution in [3.05, 3.63) is 82.5 Å². The Balaban J connectivity index is 1.65. The van der Waals surface area contributed by atoms with Crippen LogP contribution in [0.4, 0.5) is 17.2 Å². The molecule has 5 rings (SSSR count). The molecule has 6 nitrogen and oxygen atoms in total. The van der Waals surface area contributed by atoms with Crippen LogP contribution in [0.25, 0.3) is 32.6 Å². The van der Waals surface area contributed by atoms with Crippen molar-refractivity contribution in [2.75, 3.05) is 5.32 Å². The molecule has 0 aliphatic heterocycles. The Bertz CT molecular complexity index is 1390. The fourth-order valence-corrected chi connectivity index (χ4v) is 3.75. The lowest BCUT2D eigenvalue weighted by Gasteiger charge is -2.10. The summed E-state index contributed by atoms with van der Waals surface area (Å²) in [6.07, 6.45) is 1.60. The largest absolute Gasteiger partial charge is 0.355 e. The van der Waals surface area contributed by atoms with Crippen LogP contribution in [-0.2, 0) is 0 Å². The van der Waals surface area contributed by atoms with Crippen molar-refractivity contribution >= 4 is 49.8 Å². The fourth-order valence-electron chi connectivity index (χ4n) is 3.75. The Morgan fingerprint density at radius 2 is 1.75 bits per heavy atom. The van der Waals surface area contributed by atoms with Gasteiger partial charge in [0.1, 0.15) is 5.82 Å². The summed E-state index contributed by atoms with van der Waals surface area (Å²) in [6.45, 7) is 1.75. The molecule has 0 radical (unpaired) electrons. The van der Waals surface area contributed by atoms with E-state index in [9.17, 15) is 10.1 Å². The van der Waals surface area contributed by atoms with Crippen molar-refractivity contribution in [1.82, 2.24) is 9.97 Å². The van der Waals surface area contributed by atoms with E-state index in [1.165, 1.54) is 0 Å². The Kier molecular flexibility index (Phi) is 3.52. The first-order valence-electron chi connectivity index (χ1n) is 8.92. The Morgan fingerprint density at radius 3 is 2.61 bits per heavy atom. The molecule has 0 amide bonds. The number of nitrogens with one attached hydrogen (secondary N) is 2. The van der Waals surface area contributed by atoms with E-state index in [1.54, 1.807) is 25.3 Å². The van der Waals surface area contributed by atoms with E-state index in [1.807, 2.05) is 30.3 Å². The number of fused-ring (bicyclic) bond motifs is 4. The monoisotopic (exact) mass is 368 g/mol. The van der Waals surface area contributed by atoms with Crippen molar-refractivity contribution in [2.24, 2.45) is 0 Å². The Hall–Kier alpha value is -3.93. The van der Waals surface area contributed by atoms with Crippen molar-refractivity contribution < 1.29 is 4.92 Å². The van der Waals surface area contributed by atoms with E-state index in [0.717, 1.165) is 32.9 Å². The van der Waals surface area contributed by atoms with Crippen molar-refractivity contribution in [2.45, 2.75) is 6.92 Å². The van der Waals surface area contributed by atoms with Crippen molar-refractivity contribution in [3.63, 3.8) is 0 Å². The molecule has 2 N–H and O–H groups in total. The number of para-hydroxylation sites is 1. The van der Waals surface area contributed by atoms with Crippen LogP contribution in [0.5, 0.6) is 0 Å². The number of aromatic nitrogens is 2. The lowest BCUT2D eigenvalue weighted by atomic mass is 10.1. The van der Waals surface area contributed by atoms with Gasteiger partial charge in [-0.2, -0.15) is 0 Å². The molecule has 0 bridgehead atoms. The maximum Gasteiger partial charge on any atom is 0.280 e. The lowest BCUT2D eigenvalue weighted by Crippen LogP contribution is -1.98. The number of hydrogen-bond donors (Lipinski definition) is 2. The molecular weight excluding hydrogens is 352 g/mol. The third-order valence-corrected chi connectivity index (χ3v) is 5.07. The average Bonchev–Trinajstić information content (AvgIpc) is 3.06. The van der Waals surface area contributed by atoms with Gasteiger partial charge in [0.2, 0.25) is 0 Å². The van der Waals surface area contributed by atoms with Crippen LogP contribution >= 0.6 is 0 Å². The van der Waals surface area contributed by atoms with E-state index >= 15 is 0 Å². The van der Waals surface area contributed by atoms with Gasteiger partial charge in [-0.1, -0.05) is 24.3 Å². The predicted octanol–water partition coefficient (Wildman–Crippen LogP) is 5.83. The summed E-state index contributed by atoms with van der Waals surface area (Å²) in [6, 6.07) is 19.5. The Morgan fingerprint density at radius 1 is 0.929 bits per heavy atom. The molecule has 0 fully saturated rings. The van der Waals surface area contributed by atoms with Gasteiger partial charge in [0.25, 0.3) is 5.69 Å². The highest BCUT2D eigenvalue weighted by Gasteiger charge is 2.17. The number of rotatable bonds is 3. The Labute approximate surface area is 160 Å². The molecule has 2 heterocycles. The zero-order valence-electron chi connectivity index (χ0n) is 15.1. The average molecular weight is 368 g/mol. The summed E-state index contributed by atoms with van der Waals surface area (Å²) >= 11 is 0. The number of H-pyrrole nitrogens is 1. The van der Waals surface area contributed by atoms with Gasteiger partial charge < -0.3 is 10.3 Å². The van der Waals surface area contributed by atoms with Gasteiger partial charge >= 0.3 is 0 Å². The molecule has 0 saturated carbocycles. The van der Waals surface area contributed by atoms with E-state index in [0.29, 0.717) is 16.8 Å². The maximum atomic E-state index is 11.5. The van der Waals surface area contributed by atoms with Crippen LogP contribution in [0, 0.1) is 17.0 Å². The predicted molar refractivity (Wildman–Crippen MR) is 112 cm³/mol. The van der Waals surface area contributed by atoms with Crippen LogP contribution in [0.2, 0.25) is 0 Å². The highest BCUT2D eigenvalue weighted by atomic mass is 16.6. The molecule has 0 spiro atoms. The highest BCUT2D eigenvalue weighted by Crippen LogP contribution is 2.34. The molecule has 0 unspecified atom stereocenters. The molecule has 0 atom stereocenters. The third-order valence-electron chi connectivity index (χ3n) is 5.07. The molecule has 3 aromatic carbocycles. The minimum absolute atomic E-state index is 0.120. The second kappa shape index (κ2) is 6.06. The first-order chi connectivity index (χ1) is 13.6. The van der Waals surface area contributed by atoms with Crippen molar-refractivity contribution in [1.29, 1.82) is 0 Å². The second-order valence-corrected chi connectivity index (χ2v) is 6.80. The summed E-state index contributed by atoms with van der Waals surface area (Å²) in [5, 5.41) is 18.4. The van der Waals surface area contributed by atoms with Crippen LogP contribution in [0.3, 0.4) is 0 Å². The number of hydrogen-bond acceptors (Lipinski definition) is 4. The van der Waals surface area contributed by atoms with Crippen molar-refractivity contribution in [3.8, 4) is 0 Å². The van der Waals surface area contributed by atoms with Crippen LogP contribution in [-0.4, -0.2) is 14.9 Å². The summed E-state index contributed by atoms with van der Waals surface area (Å²) in [7, 11) is 0. The number of nitro groups is 1. The van der Waals surface area contributed by atoms with E-state index < -0.39 is 0 Å². The summed E-state index contributed by atoms with van der Waals surface area (Å²) in [5.41, 5.74) is 3.78. The molecule has 0 aliphatic carbocycles. The smallest absolute Gasteiger partial charge is 0.280 e. The van der Waals surface area contributed by atoms with Gasteiger partial charge in [-0.05, 0) is 43.3 Å².